The van der Waals surface area contributed by atoms with Crippen molar-refractivity contribution in [2.75, 3.05) is 26.4 Å². The van der Waals surface area contributed by atoms with Crippen molar-refractivity contribution in [1.29, 1.82) is 0 Å². The van der Waals surface area contributed by atoms with Crippen molar-refractivity contribution in [3.05, 3.63) is 71.8 Å². The van der Waals surface area contributed by atoms with E-state index < -0.39 is 87.3 Å². The fourth-order valence-electron chi connectivity index (χ4n) is 20.5. The van der Waals surface area contributed by atoms with Crippen LogP contribution in [0.15, 0.2) is 59.4 Å². The zero-order valence-corrected chi connectivity index (χ0v) is 42.8. The van der Waals surface area contributed by atoms with Crippen LogP contribution < -0.4 is 5.32 Å². The molecule has 73 heavy (non-hydrogen) atoms. The number of ether oxygens (including phenoxy) is 4. The zero-order valence-electron chi connectivity index (χ0n) is 42.8. The minimum atomic E-state index is -1.55. The molecule has 4 N–H and O–H groups in total. The lowest BCUT2D eigenvalue weighted by Gasteiger charge is -2.72. The number of carbonyl (C=O) groups is 3. The molecule has 4 spiro atoms. The van der Waals surface area contributed by atoms with Gasteiger partial charge in [0.1, 0.15) is 24.1 Å². The van der Waals surface area contributed by atoms with Gasteiger partial charge in [0.05, 0.1) is 55.1 Å². The van der Waals surface area contributed by atoms with Gasteiger partial charge in [0.15, 0.2) is 17.5 Å². The van der Waals surface area contributed by atoms with E-state index in [1.807, 2.05) is 26.0 Å². The number of ketones is 1. The second kappa shape index (κ2) is 16.2. The molecule has 5 saturated carbocycles. The Bertz CT molecular complexity index is 2690. The van der Waals surface area contributed by atoms with E-state index in [0.717, 1.165) is 64.6 Å². The number of rotatable bonds is 8. The number of epoxide rings is 1. The third-order valence-electron chi connectivity index (χ3n) is 23.2. The largest absolute Gasteiger partial charge is 0.469 e. The summed E-state index contributed by atoms with van der Waals surface area (Å²) >= 11 is 0. The quantitative estimate of drug-likeness (QED) is 0.130. The number of aliphatic hydroxyl groups excluding tert-OH is 3. The highest BCUT2D eigenvalue weighted by atomic mass is 16.7. The number of carbonyl (C=O) groups excluding carboxylic acids is 3. The fourth-order valence-corrected chi connectivity index (χ4v) is 20.5. The van der Waals surface area contributed by atoms with E-state index >= 15 is 9.59 Å². The lowest BCUT2D eigenvalue weighted by Crippen LogP contribution is -2.81. The molecule has 14 rings (SSSR count). The smallest absolute Gasteiger partial charge is 0.339 e. The molecule has 390 valence electrons. The van der Waals surface area contributed by atoms with E-state index in [1.54, 1.807) is 6.26 Å². The number of hydrogen-bond acceptors (Lipinski definition) is 13. The van der Waals surface area contributed by atoms with Gasteiger partial charge in [-0.1, -0.05) is 68.0 Å². The van der Waals surface area contributed by atoms with Crippen molar-refractivity contribution in [2.24, 2.45) is 74.9 Å². The first-order chi connectivity index (χ1) is 35.2. The number of hydrogen-bond donors (Lipinski definition) is 4. The first kappa shape index (κ1) is 47.4. The number of esters is 2. The molecular formula is C60H74N2O11. The summed E-state index contributed by atoms with van der Waals surface area (Å²) in [6.07, 6.45) is 12.3. The highest BCUT2D eigenvalue weighted by Gasteiger charge is 2.95. The average molecular weight is 999 g/mol. The van der Waals surface area contributed by atoms with Gasteiger partial charge in [-0.3, -0.25) is 14.9 Å². The van der Waals surface area contributed by atoms with Crippen LogP contribution in [-0.2, 0) is 51.8 Å². The third kappa shape index (κ3) is 5.95. The lowest BCUT2D eigenvalue weighted by molar-refractivity contribution is -0.301. The molecule has 1 aromatic carbocycles. The second-order valence-corrected chi connectivity index (χ2v) is 26.1. The number of cyclic esters (lactones) is 1. The average Bonchev–Trinajstić information content (AvgIpc) is 3.98. The number of nitrogens with one attached hydrogen (secondary N) is 1. The summed E-state index contributed by atoms with van der Waals surface area (Å²) in [5.41, 5.74) is -6.36. The standard InChI is InChI=1S/C60H74N2O11/c1-54(2)48-47(65)49(66)59-42-27-35(26-34-10-5-4-6-11-34)13-14-36(42)12-9-22-58(41-19-25-69-45(41)29-40(44(64)31-63)37-15-16-39-38(28-37)18-24-62-33-61-30-43(39)62)55(3,60(59)50(71-60)51(67)72-58)23-17-46(59)57(48)32-70-53(68)56(52(57)73-54)20-7-8-21-56/h4-6,10-11,18-19,24-25,35-40,42-44,46,48-50,52,61,63-64,66H,7-8,13-17,20-23,26-33H2,1-3H3/t35-,36+,37+,38-,39+,40+,42+,43+,44-,46-,48-,49-,50-,52+,55+,57-,58+,59+,60-/m1/s1. The molecule has 6 aliphatic heterocycles. The molecule has 19 atom stereocenters. The molecule has 6 aliphatic carbocycles. The molecule has 5 saturated heterocycles. The topological polar surface area (TPSA) is 181 Å². The Labute approximate surface area is 428 Å². The van der Waals surface area contributed by atoms with Crippen LogP contribution in [0.5, 0.6) is 0 Å². The molecule has 0 amide bonds. The molecule has 10 fully saturated rings. The van der Waals surface area contributed by atoms with Crippen molar-refractivity contribution in [3.8, 4) is 11.8 Å². The van der Waals surface area contributed by atoms with E-state index in [9.17, 15) is 20.1 Å². The van der Waals surface area contributed by atoms with Crippen molar-refractivity contribution < 1.29 is 53.1 Å². The van der Waals surface area contributed by atoms with Crippen LogP contribution in [0.3, 0.4) is 0 Å². The molecule has 7 heterocycles. The number of fused-ring (bicyclic) bond motifs is 5. The summed E-state index contributed by atoms with van der Waals surface area (Å²) in [5.74, 6) is 5.94. The van der Waals surface area contributed by atoms with Crippen molar-refractivity contribution in [2.45, 2.75) is 164 Å². The van der Waals surface area contributed by atoms with Crippen molar-refractivity contribution >= 4 is 17.7 Å². The monoisotopic (exact) mass is 999 g/mol. The van der Waals surface area contributed by atoms with Gasteiger partial charge in [-0.25, -0.2) is 4.79 Å². The van der Waals surface area contributed by atoms with E-state index in [4.69, 9.17) is 23.4 Å². The summed E-state index contributed by atoms with van der Waals surface area (Å²) in [6, 6.07) is 12.9. The predicted molar refractivity (Wildman–Crippen MR) is 264 cm³/mol. The van der Waals surface area contributed by atoms with Crippen LogP contribution in [-0.4, -0.2) is 106 Å². The van der Waals surface area contributed by atoms with Gasteiger partial charge >= 0.3 is 11.9 Å². The number of furan rings is 1. The first-order valence-electron chi connectivity index (χ1n) is 28.2. The van der Waals surface area contributed by atoms with E-state index in [0.29, 0.717) is 67.7 Å². The van der Waals surface area contributed by atoms with Crippen LogP contribution in [0.4, 0.5) is 0 Å². The minimum absolute atomic E-state index is 0.00437. The predicted octanol–water partition coefficient (Wildman–Crippen LogP) is 6.40. The summed E-state index contributed by atoms with van der Waals surface area (Å²) in [5, 5.41) is 40.1. The molecule has 13 heteroatoms. The number of aliphatic hydroxyl groups is 3. The fraction of sp³-hybridized carbons (Fsp3) is 0.717. The van der Waals surface area contributed by atoms with Crippen molar-refractivity contribution in [1.82, 2.24) is 10.2 Å². The van der Waals surface area contributed by atoms with Crippen LogP contribution in [0.2, 0.25) is 0 Å². The van der Waals surface area contributed by atoms with Gasteiger partial charge in [-0.15, -0.1) is 0 Å². The maximum atomic E-state index is 16.3. The lowest BCUT2D eigenvalue weighted by atomic mass is 9.30. The van der Waals surface area contributed by atoms with Gasteiger partial charge in [0.2, 0.25) is 0 Å². The van der Waals surface area contributed by atoms with Gasteiger partial charge in [0, 0.05) is 46.7 Å². The number of Topliss-reactive ketones (excluding diaryl/α,β-unsaturated/α-hetero) is 1. The highest BCUT2D eigenvalue weighted by molar-refractivity contribution is 5.93. The summed E-state index contributed by atoms with van der Waals surface area (Å²) in [4.78, 5) is 48.6. The minimum Gasteiger partial charge on any atom is -0.469 e. The Balaban J connectivity index is 0.929. The summed E-state index contributed by atoms with van der Waals surface area (Å²) < 4.78 is 34.9. The van der Waals surface area contributed by atoms with Crippen LogP contribution in [0.1, 0.15) is 121 Å². The molecule has 0 radical (unpaired) electrons. The number of allylic oxidation sites excluding steroid dienone is 1. The van der Waals surface area contributed by atoms with Crippen LogP contribution in [0.25, 0.3) is 0 Å². The Morgan fingerprint density at radius 1 is 0.959 bits per heavy atom. The van der Waals surface area contributed by atoms with Crippen LogP contribution in [0, 0.1) is 86.8 Å². The van der Waals surface area contributed by atoms with Crippen molar-refractivity contribution in [3.63, 3.8) is 0 Å². The maximum Gasteiger partial charge on any atom is 0.339 e. The normalized spacial score (nSPS) is 46.8. The van der Waals surface area contributed by atoms with E-state index in [-0.39, 0.29) is 54.4 Å². The molecule has 12 aliphatic rings. The van der Waals surface area contributed by atoms with Gasteiger partial charge in [-0.2, -0.15) is 0 Å². The van der Waals surface area contributed by atoms with E-state index in [1.165, 1.54) is 5.56 Å². The first-order valence-corrected chi connectivity index (χ1v) is 28.2. The summed E-state index contributed by atoms with van der Waals surface area (Å²) in [7, 11) is 0. The number of nitrogens with zero attached hydrogens (tertiary/aromatic N) is 1. The Hall–Kier alpha value is -4.03. The summed E-state index contributed by atoms with van der Waals surface area (Å²) in [6.45, 7) is 7.53. The maximum absolute atomic E-state index is 16.3. The Kier molecular flexibility index (Phi) is 10.6. The van der Waals surface area contributed by atoms with Crippen LogP contribution >= 0.6 is 0 Å². The van der Waals surface area contributed by atoms with Gasteiger partial charge in [-0.05, 0) is 144 Å². The number of benzene rings is 1. The Morgan fingerprint density at radius 2 is 1.78 bits per heavy atom. The van der Waals surface area contributed by atoms with Gasteiger partial charge < -0.3 is 43.6 Å². The molecule has 1 aromatic heterocycles. The SMILES string of the molecule is CC1(C)O[C@H]2C3(CCCC3)C(=O)OC[C@@]23[C@@H]1C(=O)[C@@H](O)[C@]12[C@@H]3CC[C@]3(C)[C@@]14O[C@@H]4C(=O)O[C@]3(c1ccoc1C[C@@H]([C@H]1CC[C@H]3[C@H](C=CN4CNC[C@@H]34)C1)[C@H](O)CO)CC#C[C@H]1CC[C@H](Cc3ccccc3)C[C@@H]12. The molecule has 2 aromatic rings. The zero-order chi connectivity index (χ0) is 50.1. The highest BCUT2D eigenvalue weighted by Crippen LogP contribution is 2.85. The van der Waals surface area contributed by atoms with E-state index in [2.05, 4.69) is 65.5 Å². The Morgan fingerprint density at radius 3 is 2.59 bits per heavy atom. The molecule has 0 unspecified atom stereocenters. The third-order valence-corrected chi connectivity index (χ3v) is 23.2. The van der Waals surface area contributed by atoms with Gasteiger partial charge in [0.25, 0.3) is 0 Å². The molecule has 4 bridgehead atoms. The second-order valence-electron chi connectivity index (χ2n) is 26.1. The molecule has 13 nitrogen and oxygen atoms in total. The molecular weight excluding hydrogens is 925 g/mol.